The highest BCUT2D eigenvalue weighted by molar-refractivity contribution is 4.82. The van der Waals surface area contributed by atoms with Gasteiger partial charge < -0.3 is 0 Å². The Labute approximate surface area is 104 Å². The normalized spacial score (nSPS) is 19.7. The van der Waals surface area contributed by atoms with Gasteiger partial charge in [-0.05, 0) is 26.8 Å². The summed E-state index contributed by atoms with van der Waals surface area (Å²) in [4.78, 5) is 5.10. The predicted molar refractivity (Wildman–Crippen MR) is 70.0 cm³/mol. The smallest absolute Gasteiger partial charge is 0.0536 e. The topological polar surface area (TPSA) is 24.3 Å². The second-order valence-electron chi connectivity index (χ2n) is 5.77. The van der Waals surface area contributed by atoms with Gasteiger partial charge in [0, 0.05) is 50.7 Å². The summed E-state index contributed by atoms with van der Waals surface area (Å²) < 4.78 is 2.01. The number of hydrogen-bond donors (Lipinski definition) is 0. The van der Waals surface area contributed by atoms with E-state index >= 15 is 0 Å². The van der Waals surface area contributed by atoms with E-state index in [1.807, 2.05) is 23.1 Å². The molecule has 1 aliphatic rings. The van der Waals surface area contributed by atoms with Gasteiger partial charge in [0.25, 0.3) is 0 Å². The summed E-state index contributed by atoms with van der Waals surface area (Å²) in [5.74, 6) is 0. The van der Waals surface area contributed by atoms with Crippen molar-refractivity contribution in [3.05, 3.63) is 18.5 Å². The maximum Gasteiger partial charge on any atom is 0.0536 e. The Morgan fingerprint density at radius 1 is 1.06 bits per heavy atom. The van der Waals surface area contributed by atoms with Crippen LogP contribution in [0.5, 0.6) is 0 Å². The van der Waals surface area contributed by atoms with Crippen LogP contribution in [-0.2, 0) is 6.54 Å². The van der Waals surface area contributed by atoms with Crippen LogP contribution in [-0.4, -0.2) is 57.8 Å². The third-order valence-corrected chi connectivity index (χ3v) is 3.53. The second-order valence-corrected chi connectivity index (χ2v) is 5.77. The monoisotopic (exact) mass is 236 g/mol. The molecular weight excluding hydrogens is 212 g/mol. The molecule has 1 saturated heterocycles. The van der Waals surface area contributed by atoms with Crippen molar-refractivity contribution in [3.63, 3.8) is 0 Å². The SMILES string of the molecule is CC(C)(C)N1CCN(CCn2cccn2)CC1. The van der Waals surface area contributed by atoms with E-state index in [1.54, 1.807) is 0 Å². The molecule has 0 bridgehead atoms. The van der Waals surface area contributed by atoms with Crippen molar-refractivity contribution in [3.8, 4) is 0 Å². The van der Waals surface area contributed by atoms with Gasteiger partial charge in [-0.1, -0.05) is 0 Å². The lowest BCUT2D eigenvalue weighted by molar-refractivity contribution is 0.0605. The average molecular weight is 236 g/mol. The van der Waals surface area contributed by atoms with Crippen LogP contribution >= 0.6 is 0 Å². The van der Waals surface area contributed by atoms with E-state index in [2.05, 4.69) is 35.7 Å². The zero-order valence-corrected chi connectivity index (χ0v) is 11.3. The molecule has 96 valence electrons. The molecule has 4 nitrogen and oxygen atoms in total. The van der Waals surface area contributed by atoms with Crippen molar-refractivity contribution in [2.45, 2.75) is 32.9 Å². The summed E-state index contributed by atoms with van der Waals surface area (Å²) in [5.41, 5.74) is 0.314. The Bertz CT molecular complexity index is 318. The summed E-state index contributed by atoms with van der Waals surface area (Å²) in [6.07, 6.45) is 3.88. The quantitative estimate of drug-likeness (QED) is 0.790. The molecule has 0 unspecified atom stereocenters. The Morgan fingerprint density at radius 3 is 2.29 bits per heavy atom. The van der Waals surface area contributed by atoms with Gasteiger partial charge in [-0.25, -0.2) is 0 Å². The van der Waals surface area contributed by atoms with Crippen molar-refractivity contribution >= 4 is 0 Å². The van der Waals surface area contributed by atoms with Crippen molar-refractivity contribution < 1.29 is 0 Å². The van der Waals surface area contributed by atoms with E-state index in [0.717, 1.165) is 13.1 Å². The lowest BCUT2D eigenvalue weighted by Crippen LogP contribution is -2.53. The molecule has 2 rings (SSSR count). The fourth-order valence-electron chi connectivity index (χ4n) is 2.32. The molecule has 0 amide bonds. The van der Waals surface area contributed by atoms with E-state index < -0.39 is 0 Å². The molecule has 1 aromatic heterocycles. The van der Waals surface area contributed by atoms with Crippen LogP contribution in [0.1, 0.15) is 20.8 Å². The first-order chi connectivity index (χ1) is 8.05. The third kappa shape index (κ3) is 3.54. The molecule has 17 heavy (non-hydrogen) atoms. The fraction of sp³-hybridized carbons (Fsp3) is 0.769. The van der Waals surface area contributed by atoms with Crippen LogP contribution < -0.4 is 0 Å². The molecule has 0 aliphatic carbocycles. The van der Waals surface area contributed by atoms with Crippen LogP contribution in [0.4, 0.5) is 0 Å². The van der Waals surface area contributed by atoms with Gasteiger partial charge in [0.05, 0.1) is 6.54 Å². The lowest BCUT2D eigenvalue weighted by atomic mass is 10.1. The van der Waals surface area contributed by atoms with E-state index in [-0.39, 0.29) is 0 Å². The minimum Gasteiger partial charge on any atom is -0.299 e. The minimum absolute atomic E-state index is 0.314. The van der Waals surface area contributed by atoms with Crippen LogP contribution in [0.25, 0.3) is 0 Å². The molecule has 1 fully saturated rings. The average Bonchev–Trinajstić information content (AvgIpc) is 2.78. The molecule has 0 radical (unpaired) electrons. The van der Waals surface area contributed by atoms with Crippen LogP contribution in [0.2, 0.25) is 0 Å². The van der Waals surface area contributed by atoms with Gasteiger partial charge >= 0.3 is 0 Å². The second kappa shape index (κ2) is 5.19. The highest BCUT2D eigenvalue weighted by atomic mass is 15.3. The standard InChI is InChI=1S/C13H24N4/c1-13(2,3)16-10-7-15(8-11-16)9-12-17-6-4-5-14-17/h4-6H,7-12H2,1-3H3. The maximum absolute atomic E-state index is 4.23. The molecular formula is C13H24N4. The van der Waals surface area contributed by atoms with Crippen molar-refractivity contribution in [2.24, 2.45) is 0 Å². The minimum atomic E-state index is 0.314. The summed E-state index contributed by atoms with van der Waals surface area (Å²) in [5, 5.41) is 4.23. The van der Waals surface area contributed by atoms with Crippen molar-refractivity contribution in [2.75, 3.05) is 32.7 Å². The fourth-order valence-corrected chi connectivity index (χ4v) is 2.32. The number of nitrogens with zero attached hydrogens (tertiary/aromatic N) is 4. The number of aromatic nitrogens is 2. The Balaban J connectivity index is 1.72. The first-order valence-corrected chi connectivity index (χ1v) is 6.50. The lowest BCUT2D eigenvalue weighted by Gasteiger charge is -2.42. The van der Waals surface area contributed by atoms with Crippen LogP contribution in [0.15, 0.2) is 18.5 Å². The van der Waals surface area contributed by atoms with Crippen LogP contribution in [0, 0.1) is 0 Å². The molecule has 1 aliphatic heterocycles. The van der Waals surface area contributed by atoms with Gasteiger partial charge in [-0.3, -0.25) is 14.5 Å². The third-order valence-electron chi connectivity index (χ3n) is 3.53. The zero-order chi connectivity index (χ0) is 12.3. The molecule has 0 atom stereocenters. The molecule has 0 saturated carbocycles. The maximum atomic E-state index is 4.23. The summed E-state index contributed by atoms with van der Waals surface area (Å²) in [6.45, 7) is 13.7. The molecule has 0 spiro atoms. The molecule has 0 N–H and O–H groups in total. The molecule has 4 heteroatoms. The first-order valence-electron chi connectivity index (χ1n) is 6.50. The van der Waals surface area contributed by atoms with Gasteiger partial charge in [0.1, 0.15) is 0 Å². The van der Waals surface area contributed by atoms with Crippen molar-refractivity contribution in [1.29, 1.82) is 0 Å². The van der Waals surface area contributed by atoms with E-state index in [1.165, 1.54) is 26.2 Å². The summed E-state index contributed by atoms with van der Waals surface area (Å²) in [6, 6.07) is 1.98. The van der Waals surface area contributed by atoms with Crippen LogP contribution in [0.3, 0.4) is 0 Å². The Morgan fingerprint density at radius 2 is 1.76 bits per heavy atom. The highest BCUT2D eigenvalue weighted by Gasteiger charge is 2.25. The number of rotatable bonds is 3. The van der Waals surface area contributed by atoms with E-state index in [0.29, 0.717) is 5.54 Å². The van der Waals surface area contributed by atoms with Gasteiger partial charge in [-0.2, -0.15) is 5.10 Å². The van der Waals surface area contributed by atoms with Gasteiger partial charge in [-0.15, -0.1) is 0 Å². The zero-order valence-electron chi connectivity index (χ0n) is 11.3. The highest BCUT2D eigenvalue weighted by Crippen LogP contribution is 2.15. The summed E-state index contributed by atoms with van der Waals surface area (Å²) in [7, 11) is 0. The molecule has 0 aromatic carbocycles. The number of hydrogen-bond acceptors (Lipinski definition) is 3. The van der Waals surface area contributed by atoms with E-state index in [9.17, 15) is 0 Å². The number of piperazine rings is 1. The summed E-state index contributed by atoms with van der Waals surface area (Å²) >= 11 is 0. The molecule has 2 heterocycles. The Kier molecular flexibility index (Phi) is 3.84. The predicted octanol–water partition coefficient (Wildman–Crippen LogP) is 1.30. The van der Waals surface area contributed by atoms with E-state index in [4.69, 9.17) is 0 Å². The first kappa shape index (κ1) is 12.6. The Hall–Kier alpha value is -0.870. The van der Waals surface area contributed by atoms with Crippen molar-refractivity contribution in [1.82, 2.24) is 19.6 Å². The van der Waals surface area contributed by atoms with Gasteiger partial charge in [0.2, 0.25) is 0 Å². The molecule has 1 aromatic rings. The van der Waals surface area contributed by atoms with Gasteiger partial charge in [0.15, 0.2) is 0 Å². The largest absolute Gasteiger partial charge is 0.299 e.